The molecule has 2 rings (SSSR count). The molecule has 154 valence electrons. The van der Waals surface area contributed by atoms with Crippen LogP contribution in [-0.2, 0) is 4.74 Å². The fraction of sp³-hybridized carbons (Fsp3) is 0.947. The number of aliphatic imine (C=N–C) groups is 1. The van der Waals surface area contributed by atoms with E-state index in [4.69, 9.17) is 4.74 Å². The molecule has 1 unspecified atom stereocenters. The molecule has 0 aromatic rings. The predicted octanol–water partition coefficient (Wildman–Crippen LogP) is 2.00. The Bertz CT molecular complexity index is 415. The van der Waals surface area contributed by atoms with Crippen LogP contribution in [0.2, 0.25) is 0 Å². The number of nitrogens with one attached hydrogen (secondary N) is 2. The van der Waals surface area contributed by atoms with Gasteiger partial charge in [-0.05, 0) is 45.7 Å². The fourth-order valence-corrected chi connectivity index (χ4v) is 4.10. The molecule has 1 aliphatic heterocycles. The number of guanidine groups is 1. The Hall–Kier alpha value is -0.120. The van der Waals surface area contributed by atoms with Crippen LogP contribution >= 0.6 is 24.0 Å². The van der Waals surface area contributed by atoms with Gasteiger partial charge in [-0.1, -0.05) is 12.8 Å². The van der Waals surface area contributed by atoms with Gasteiger partial charge in [0.1, 0.15) is 0 Å². The van der Waals surface area contributed by atoms with E-state index in [0.717, 1.165) is 58.3 Å². The maximum absolute atomic E-state index is 5.62. The van der Waals surface area contributed by atoms with Crippen LogP contribution in [0.15, 0.2) is 4.99 Å². The average Bonchev–Trinajstić information content (AvgIpc) is 3.07. The Morgan fingerprint density at radius 3 is 2.58 bits per heavy atom. The molecule has 7 heteroatoms. The SMILES string of the molecule is CCOCCC1(CNC(=NC)NCC2CN(C)CCN2C)CCCC1.I. The van der Waals surface area contributed by atoms with Crippen molar-refractivity contribution in [2.24, 2.45) is 10.4 Å². The smallest absolute Gasteiger partial charge is 0.191 e. The molecule has 1 saturated carbocycles. The van der Waals surface area contributed by atoms with E-state index in [1.54, 1.807) is 0 Å². The Morgan fingerprint density at radius 1 is 1.19 bits per heavy atom. The van der Waals surface area contributed by atoms with Crippen LogP contribution in [0.4, 0.5) is 0 Å². The number of hydrogen-bond donors (Lipinski definition) is 2. The molecule has 2 aliphatic rings. The van der Waals surface area contributed by atoms with E-state index in [-0.39, 0.29) is 24.0 Å². The number of likely N-dealkylation sites (N-methyl/N-ethyl adjacent to an activating group) is 2. The summed E-state index contributed by atoms with van der Waals surface area (Å²) < 4.78 is 5.62. The van der Waals surface area contributed by atoms with Gasteiger partial charge in [0.25, 0.3) is 0 Å². The third-order valence-corrected chi connectivity index (χ3v) is 5.98. The topological polar surface area (TPSA) is 52.1 Å². The quantitative estimate of drug-likeness (QED) is 0.241. The number of halogens is 1. The van der Waals surface area contributed by atoms with Gasteiger partial charge < -0.3 is 20.3 Å². The van der Waals surface area contributed by atoms with Crippen LogP contribution in [0.3, 0.4) is 0 Å². The molecule has 0 aromatic heterocycles. The van der Waals surface area contributed by atoms with E-state index in [9.17, 15) is 0 Å². The van der Waals surface area contributed by atoms with Crippen LogP contribution in [-0.4, -0.2) is 88.9 Å². The number of piperazine rings is 1. The molecule has 2 N–H and O–H groups in total. The van der Waals surface area contributed by atoms with Crippen molar-refractivity contribution < 1.29 is 4.74 Å². The fourth-order valence-electron chi connectivity index (χ4n) is 4.10. The van der Waals surface area contributed by atoms with Crippen molar-refractivity contribution in [2.45, 2.75) is 45.1 Å². The zero-order chi connectivity index (χ0) is 18.1. The molecule has 1 atom stereocenters. The summed E-state index contributed by atoms with van der Waals surface area (Å²) in [5, 5.41) is 7.13. The summed E-state index contributed by atoms with van der Waals surface area (Å²) >= 11 is 0. The molecule has 6 nitrogen and oxygen atoms in total. The normalized spacial score (nSPS) is 24.3. The van der Waals surface area contributed by atoms with E-state index in [1.807, 2.05) is 7.05 Å². The van der Waals surface area contributed by atoms with Crippen molar-refractivity contribution in [1.29, 1.82) is 0 Å². The molecule has 26 heavy (non-hydrogen) atoms. The Labute approximate surface area is 177 Å². The van der Waals surface area contributed by atoms with E-state index in [2.05, 4.69) is 46.4 Å². The van der Waals surface area contributed by atoms with Crippen LogP contribution in [0, 0.1) is 5.41 Å². The molecule has 2 fully saturated rings. The first-order valence-corrected chi connectivity index (χ1v) is 9.99. The van der Waals surface area contributed by atoms with E-state index in [0.29, 0.717) is 11.5 Å². The molecule has 1 saturated heterocycles. The summed E-state index contributed by atoms with van der Waals surface area (Å²) in [5.74, 6) is 0.935. The second kappa shape index (κ2) is 12.4. The highest BCUT2D eigenvalue weighted by atomic mass is 127. The summed E-state index contributed by atoms with van der Waals surface area (Å²) in [4.78, 5) is 9.29. The Morgan fingerprint density at radius 2 is 1.92 bits per heavy atom. The highest BCUT2D eigenvalue weighted by molar-refractivity contribution is 14.0. The van der Waals surface area contributed by atoms with E-state index >= 15 is 0 Å². The minimum absolute atomic E-state index is 0. The van der Waals surface area contributed by atoms with Crippen molar-refractivity contribution >= 4 is 29.9 Å². The first-order chi connectivity index (χ1) is 12.1. The lowest BCUT2D eigenvalue weighted by molar-refractivity contribution is 0.104. The van der Waals surface area contributed by atoms with Crippen LogP contribution in [0.25, 0.3) is 0 Å². The first-order valence-electron chi connectivity index (χ1n) is 9.99. The van der Waals surface area contributed by atoms with Crippen molar-refractivity contribution in [3.8, 4) is 0 Å². The summed E-state index contributed by atoms with van der Waals surface area (Å²) in [6.07, 6.45) is 6.46. The van der Waals surface area contributed by atoms with Crippen molar-refractivity contribution in [3.63, 3.8) is 0 Å². The zero-order valence-corrected chi connectivity index (χ0v) is 19.6. The maximum atomic E-state index is 5.62. The maximum Gasteiger partial charge on any atom is 0.191 e. The van der Waals surface area contributed by atoms with Crippen molar-refractivity contribution in [1.82, 2.24) is 20.4 Å². The predicted molar refractivity (Wildman–Crippen MR) is 121 cm³/mol. The third-order valence-electron chi connectivity index (χ3n) is 5.98. The highest BCUT2D eigenvalue weighted by Gasteiger charge is 2.33. The van der Waals surface area contributed by atoms with E-state index in [1.165, 1.54) is 25.7 Å². The summed E-state index contributed by atoms with van der Waals surface area (Å²) in [6.45, 7) is 9.10. The van der Waals surface area contributed by atoms with Crippen molar-refractivity contribution in [3.05, 3.63) is 0 Å². The summed E-state index contributed by atoms with van der Waals surface area (Å²) in [6, 6.07) is 0.538. The highest BCUT2D eigenvalue weighted by Crippen LogP contribution is 2.40. The summed E-state index contributed by atoms with van der Waals surface area (Å²) in [5.41, 5.74) is 0.384. The Kier molecular flexibility index (Phi) is 11.4. The minimum Gasteiger partial charge on any atom is -0.382 e. The second-order valence-corrected chi connectivity index (χ2v) is 7.86. The Balaban J connectivity index is 0.00000338. The molecular weight excluding hydrogens is 441 g/mol. The lowest BCUT2D eigenvalue weighted by Crippen LogP contribution is -2.55. The van der Waals surface area contributed by atoms with Gasteiger partial charge in [0.2, 0.25) is 0 Å². The monoisotopic (exact) mass is 481 g/mol. The molecule has 0 radical (unpaired) electrons. The molecule has 0 amide bonds. The first kappa shape index (κ1) is 23.9. The molecule has 0 bridgehead atoms. The third kappa shape index (κ3) is 7.48. The van der Waals surface area contributed by atoms with Gasteiger partial charge >= 0.3 is 0 Å². The number of nitrogens with zero attached hydrogens (tertiary/aromatic N) is 3. The second-order valence-electron chi connectivity index (χ2n) is 7.86. The van der Waals surface area contributed by atoms with Crippen LogP contribution < -0.4 is 10.6 Å². The molecule has 0 aromatic carbocycles. The average molecular weight is 481 g/mol. The molecule has 1 aliphatic carbocycles. The van der Waals surface area contributed by atoms with Gasteiger partial charge in [-0.2, -0.15) is 0 Å². The van der Waals surface area contributed by atoms with Gasteiger partial charge in [0, 0.05) is 59.0 Å². The van der Waals surface area contributed by atoms with Crippen LogP contribution in [0.1, 0.15) is 39.0 Å². The standard InChI is InChI=1S/C19H39N5O.HI/c1-5-25-13-10-19(8-6-7-9-19)16-22-18(20-2)21-14-17-15-23(3)11-12-24(17)4;/h17H,5-16H2,1-4H3,(H2,20,21,22);1H. The minimum atomic E-state index is 0. The van der Waals surface area contributed by atoms with Crippen LogP contribution in [0.5, 0.6) is 0 Å². The number of hydrogen-bond acceptors (Lipinski definition) is 4. The zero-order valence-electron chi connectivity index (χ0n) is 17.2. The van der Waals surface area contributed by atoms with Gasteiger partial charge in [0.15, 0.2) is 5.96 Å². The molecular formula is C19H40IN5O. The van der Waals surface area contributed by atoms with Crippen molar-refractivity contribution in [2.75, 3.05) is 67.1 Å². The van der Waals surface area contributed by atoms with Gasteiger partial charge in [0.05, 0.1) is 0 Å². The lowest BCUT2D eigenvalue weighted by atomic mass is 9.83. The van der Waals surface area contributed by atoms with Gasteiger partial charge in [-0.15, -0.1) is 24.0 Å². The molecule has 1 heterocycles. The lowest BCUT2D eigenvalue weighted by Gasteiger charge is -2.38. The molecule has 0 spiro atoms. The number of ether oxygens (including phenoxy) is 1. The van der Waals surface area contributed by atoms with E-state index < -0.39 is 0 Å². The van der Waals surface area contributed by atoms with Gasteiger partial charge in [-0.25, -0.2) is 0 Å². The van der Waals surface area contributed by atoms with Gasteiger partial charge in [-0.3, -0.25) is 9.89 Å². The summed E-state index contributed by atoms with van der Waals surface area (Å²) in [7, 11) is 6.29. The largest absolute Gasteiger partial charge is 0.382 e. The number of rotatable bonds is 8.